The van der Waals surface area contributed by atoms with Crippen LogP contribution in [0.1, 0.15) is 30.8 Å². The van der Waals surface area contributed by atoms with Gasteiger partial charge in [0.15, 0.2) is 0 Å². The zero-order chi connectivity index (χ0) is 13.0. The fraction of sp³-hybridized carbons (Fsp3) is 0.615. The summed E-state index contributed by atoms with van der Waals surface area (Å²) >= 11 is 0. The van der Waals surface area contributed by atoms with Gasteiger partial charge in [-0.05, 0) is 38.3 Å². The van der Waals surface area contributed by atoms with Crippen LogP contribution in [0.4, 0.5) is 0 Å². The SMILES string of the molecule is Cc1nccc(CN2CCCC(CC(=O)O)C2)n1. The van der Waals surface area contributed by atoms with Gasteiger partial charge in [-0.2, -0.15) is 0 Å². The Morgan fingerprint density at radius 3 is 3.17 bits per heavy atom. The van der Waals surface area contributed by atoms with Crippen molar-refractivity contribution in [3.05, 3.63) is 23.8 Å². The lowest BCUT2D eigenvalue weighted by Gasteiger charge is -2.31. The van der Waals surface area contributed by atoms with Crippen LogP contribution in [-0.2, 0) is 11.3 Å². The average molecular weight is 249 g/mol. The molecule has 0 amide bonds. The van der Waals surface area contributed by atoms with Crippen molar-refractivity contribution in [2.24, 2.45) is 5.92 Å². The zero-order valence-electron chi connectivity index (χ0n) is 10.7. The van der Waals surface area contributed by atoms with E-state index in [0.29, 0.717) is 0 Å². The highest BCUT2D eigenvalue weighted by molar-refractivity contribution is 5.67. The molecule has 0 bridgehead atoms. The summed E-state index contributed by atoms with van der Waals surface area (Å²) in [6.07, 6.45) is 4.14. The van der Waals surface area contributed by atoms with Crippen LogP contribution in [0.25, 0.3) is 0 Å². The monoisotopic (exact) mass is 249 g/mol. The van der Waals surface area contributed by atoms with Gasteiger partial charge in [0.2, 0.25) is 0 Å². The maximum absolute atomic E-state index is 10.7. The molecular weight excluding hydrogens is 230 g/mol. The summed E-state index contributed by atoms with van der Waals surface area (Å²) in [5, 5.41) is 8.84. The maximum atomic E-state index is 10.7. The highest BCUT2D eigenvalue weighted by Crippen LogP contribution is 2.20. The first kappa shape index (κ1) is 13.0. The summed E-state index contributed by atoms with van der Waals surface area (Å²) in [7, 11) is 0. The van der Waals surface area contributed by atoms with Crippen LogP contribution in [0.2, 0.25) is 0 Å². The van der Waals surface area contributed by atoms with Gasteiger partial charge in [-0.15, -0.1) is 0 Å². The molecule has 0 radical (unpaired) electrons. The van der Waals surface area contributed by atoms with Crippen molar-refractivity contribution < 1.29 is 9.90 Å². The lowest BCUT2D eigenvalue weighted by molar-refractivity contribution is -0.138. The van der Waals surface area contributed by atoms with Crippen LogP contribution in [-0.4, -0.2) is 39.0 Å². The minimum atomic E-state index is -0.695. The minimum Gasteiger partial charge on any atom is -0.481 e. The van der Waals surface area contributed by atoms with Gasteiger partial charge in [0.05, 0.1) is 5.69 Å². The quantitative estimate of drug-likeness (QED) is 0.875. The molecule has 1 N–H and O–H groups in total. The number of likely N-dealkylation sites (tertiary alicyclic amines) is 1. The normalized spacial score (nSPS) is 20.8. The molecule has 5 heteroatoms. The Hall–Kier alpha value is -1.49. The number of carboxylic acids is 1. The number of aryl methyl sites for hydroxylation is 1. The fourth-order valence-corrected chi connectivity index (χ4v) is 2.53. The highest BCUT2D eigenvalue weighted by Gasteiger charge is 2.22. The van der Waals surface area contributed by atoms with Crippen molar-refractivity contribution in [2.45, 2.75) is 32.7 Å². The number of rotatable bonds is 4. The molecule has 0 saturated carbocycles. The first-order valence-corrected chi connectivity index (χ1v) is 6.36. The first-order chi connectivity index (χ1) is 8.63. The Morgan fingerprint density at radius 1 is 1.61 bits per heavy atom. The second-order valence-corrected chi connectivity index (χ2v) is 4.94. The summed E-state index contributed by atoms with van der Waals surface area (Å²) in [4.78, 5) is 21.5. The number of carbonyl (C=O) groups is 1. The lowest BCUT2D eigenvalue weighted by atomic mass is 9.95. The predicted octanol–water partition coefficient (Wildman–Crippen LogP) is 1.47. The largest absolute Gasteiger partial charge is 0.481 e. The highest BCUT2D eigenvalue weighted by atomic mass is 16.4. The van der Waals surface area contributed by atoms with Gasteiger partial charge < -0.3 is 5.11 Å². The molecule has 1 aliphatic rings. The number of aliphatic carboxylic acids is 1. The van der Waals surface area contributed by atoms with Gasteiger partial charge in [0.1, 0.15) is 5.82 Å². The van der Waals surface area contributed by atoms with Crippen LogP contribution in [0, 0.1) is 12.8 Å². The molecule has 1 aliphatic heterocycles. The molecule has 1 atom stereocenters. The predicted molar refractivity (Wildman–Crippen MR) is 67.0 cm³/mol. The average Bonchev–Trinajstić information content (AvgIpc) is 2.28. The Kier molecular flexibility index (Phi) is 4.25. The van der Waals surface area contributed by atoms with E-state index in [4.69, 9.17) is 5.11 Å². The van der Waals surface area contributed by atoms with E-state index >= 15 is 0 Å². The van der Waals surface area contributed by atoms with Crippen molar-refractivity contribution >= 4 is 5.97 Å². The number of hydrogen-bond acceptors (Lipinski definition) is 4. The van der Waals surface area contributed by atoms with Gasteiger partial charge in [0.25, 0.3) is 0 Å². The summed E-state index contributed by atoms with van der Waals surface area (Å²) in [5.41, 5.74) is 1.01. The molecule has 18 heavy (non-hydrogen) atoms. The van der Waals surface area contributed by atoms with Gasteiger partial charge in [-0.1, -0.05) is 0 Å². The van der Waals surface area contributed by atoms with Crippen LogP contribution in [0.3, 0.4) is 0 Å². The van der Waals surface area contributed by atoms with E-state index in [1.807, 2.05) is 13.0 Å². The summed E-state index contributed by atoms with van der Waals surface area (Å²) < 4.78 is 0. The van der Waals surface area contributed by atoms with E-state index < -0.39 is 5.97 Å². The second kappa shape index (κ2) is 5.91. The molecule has 0 aromatic carbocycles. The summed E-state index contributed by atoms with van der Waals surface area (Å²) in [6, 6.07) is 1.92. The van der Waals surface area contributed by atoms with Gasteiger partial charge in [0, 0.05) is 25.7 Å². The van der Waals surface area contributed by atoms with E-state index in [1.54, 1.807) is 6.20 Å². The maximum Gasteiger partial charge on any atom is 0.303 e. The van der Waals surface area contributed by atoms with Crippen molar-refractivity contribution in [1.82, 2.24) is 14.9 Å². The smallest absolute Gasteiger partial charge is 0.303 e. The van der Waals surface area contributed by atoms with E-state index in [9.17, 15) is 4.79 Å². The number of carboxylic acid groups (broad SMARTS) is 1. The number of piperidine rings is 1. The van der Waals surface area contributed by atoms with Crippen LogP contribution < -0.4 is 0 Å². The van der Waals surface area contributed by atoms with Crippen LogP contribution >= 0.6 is 0 Å². The molecule has 1 aromatic heterocycles. The first-order valence-electron chi connectivity index (χ1n) is 6.36. The molecule has 1 saturated heterocycles. The third-order valence-electron chi connectivity index (χ3n) is 3.29. The molecular formula is C13H19N3O2. The Bertz CT molecular complexity index is 422. The lowest BCUT2D eigenvalue weighted by Crippen LogP contribution is -2.36. The van der Waals surface area contributed by atoms with E-state index in [0.717, 1.165) is 44.0 Å². The number of nitrogens with zero attached hydrogens (tertiary/aromatic N) is 3. The molecule has 2 rings (SSSR count). The number of hydrogen-bond donors (Lipinski definition) is 1. The molecule has 0 spiro atoms. The molecule has 2 heterocycles. The van der Waals surface area contributed by atoms with Crippen molar-refractivity contribution in [3.8, 4) is 0 Å². The van der Waals surface area contributed by atoms with Crippen LogP contribution in [0.5, 0.6) is 0 Å². The molecule has 1 unspecified atom stereocenters. The fourth-order valence-electron chi connectivity index (χ4n) is 2.53. The molecule has 5 nitrogen and oxygen atoms in total. The summed E-state index contributed by atoms with van der Waals surface area (Å²) in [6.45, 7) is 4.56. The van der Waals surface area contributed by atoms with Gasteiger partial charge in [-0.3, -0.25) is 9.69 Å². The Labute approximate surface area is 107 Å². The third-order valence-corrected chi connectivity index (χ3v) is 3.29. The Balaban J connectivity index is 1.91. The molecule has 98 valence electrons. The van der Waals surface area contributed by atoms with Crippen molar-refractivity contribution in [2.75, 3.05) is 13.1 Å². The van der Waals surface area contributed by atoms with Gasteiger partial charge in [-0.25, -0.2) is 9.97 Å². The third kappa shape index (κ3) is 3.77. The van der Waals surface area contributed by atoms with E-state index in [2.05, 4.69) is 14.9 Å². The van der Waals surface area contributed by atoms with Crippen molar-refractivity contribution in [1.29, 1.82) is 0 Å². The topological polar surface area (TPSA) is 66.3 Å². The van der Waals surface area contributed by atoms with Gasteiger partial charge >= 0.3 is 5.97 Å². The van der Waals surface area contributed by atoms with Crippen LogP contribution in [0.15, 0.2) is 12.3 Å². The Morgan fingerprint density at radius 2 is 2.44 bits per heavy atom. The van der Waals surface area contributed by atoms with E-state index in [1.165, 1.54) is 0 Å². The second-order valence-electron chi connectivity index (χ2n) is 4.94. The summed E-state index contributed by atoms with van der Waals surface area (Å²) in [5.74, 6) is 0.366. The molecule has 1 aromatic rings. The molecule has 1 fully saturated rings. The number of aromatic nitrogens is 2. The zero-order valence-corrected chi connectivity index (χ0v) is 10.7. The van der Waals surface area contributed by atoms with E-state index in [-0.39, 0.29) is 12.3 Å². The minimum absolute atomic E-state index is 0.277. The standard InChI is InChI=1S/C13H19N3O2/c1-10-14-5-4-12(15-10)9-16-6-2-3-11(8-16)7-13(17)18/h4-5,11H,2-3,6-9H2,1H3,(H,17,18). The molecule has 0 aliphatic carbocycles. The van der Waals surface area contributed by atoms with Crippen molar-refractivity contribution in [3.63, 3.8) is 0 Å².